The van der Waals surface area contributed by atoms with E-state index < -0.39 is 5.97 Å². The number of benzene rings is 2. The highest BCUT2D eigenvalue weighted by Gasteiger charge is 2.10. The first-order chi connectivity index (χ1) is 13.5. The van der Waals surface area contributed by atoms with Gasteiger partial charge in [-0.1, -0.05) is 29.8 Å². The lowest BCUT2D eigenvalue weighted by Crippen LogP contribution is -2.22. The minimum Gasteiger partial charge on any atom is -0.465 e. The third-order valence-corrected chi connectivity index (χ3v) is 4.28. The van der Waals surface area contributed by atoms with Crippen LogP contribution in [0.5, 0.6) is 0 Å². The summed E-state index contributed by atoms with van der Waals surface area (Å²) < 4.78 is 6.15. The molecule has 0 bridgehead atoms. The third-order valence-electron chi connectivity index (χ3n) is 4.28. The first kappa shape index (κ1) is 19.1. The number of nitrogens with zero attached hydrogens (tertiary/aromatic N) is 1. The van der Waals surface area contributed by atoms with Crippen molar-refractivity contribution in [1.29, 1.82) is 0 Å². The Bertz CT molecular complexity index is 1050. The summed E-state index contributed by atoms with van der Waals surface area (Å²) in [6.45, 7) is 2.38. The standard InChI is InChI=1S/C22H20N2O4/c1-15-3-5-16(6-4-15)13-24-14-18(9-12-20(24)25)21(26)23-19-10-7-17(8-11-19)22(27)28-2/h3-12,14H,13H2,1-2H3,(H,23,26). The van der Waals surface area contributed by atoms with Gasteiger partial charge in [0.15, 0.2) is 0 Å². The Balaban J connectivity index is 1.76. The van der Waals surface area contributed by atoms with Crippen molar-refractivity contribution in [3.05, 3.63) is 99.5 Å². The van der Waals surface area contributed by atoms with Crippen LogP contribution < -0.4 is 10.9 Å². The Morgan fingerprint density at radius 2 is 1.57 bits per heavy atom. The van der Waals surface area contributed by atoms with E-state index in [0.717, 1.165) is 11.1 Å². The fourth-order valence-electron chi connectivity index (χ4n) is 2.69. The van der Waals surface area contributed by atoms with Gasteiger partial charge in [0.2, 0.25) is 0 Å². The number of ether oxygens (including phenoxy) is 1. The van der Waals surface area contributed by atoms with Crippen LogP contribution in [-0.4, -0.2) is 23.6 Å². The summed E-state index contributed by atoms with van der Waals surface area (Å²) in [4.78, 5) is 36.1. The van der Waals surface area contributed by atoms with Gasteiger partial charge in [-0.15, -0.1) is 0 Å². The molecule has 1 N–H and O–H groups in total. The summed E-state index contributed by atoms with van der Waals surface area (Å²) in [5.41, 5.74) is 3.23. The molecule has 0 aliphatic heterocycles. The molecule has 6 heteroatoms. The largest absolute Gasteiger partial charge is 0.465 e. The van der Waals surface area contributed by atoms with Gasteiger partial charge in [-0.2, -0.15) is 0 Å². The number of hydrogen-bond donors (Lipinski definition) is 1. The molecule has 1 heterocycles. The van der Waals surface area contributed by atoms with Gasteiger partial charge in [0, 0.05) is 18.0 Å². The zero-order chi connectivity index (χ0) is 20.1. The summed E-state index contributed by atoms with van der Waals surface area (Å²) >= 11 is 0. The number of carbonyl (C=O) groups is 2. The number of pyridine rings is 1. The molecule has 1 aromatic heterocycles. The number of amides is 1. The molecule has 1 amide bonds. The van der Waals surface area contributed by atoms with Gasteiger partial charge >= 0.3 is 5.97 Å². The molecular weight excluding hydrogens is 356 g/mol. The second kappa shape index (κ2) is 8.35. The molecule has 3 rings (SSSR count). The quantitative estimate of drug-likeness (QED) is 0.694. The SMILES string of the molecule is COC(=O)c1ccc(NC(=O)c2ccc(=O)n(Cc3ccc(C)cc3)c2)cc1. The van der Waals surface area contributed by atoms with E-state index in [1.807, 2.05) is 31.2 Å². The minimum absolute atomic E-state index is 0.181. The highest BCUT2D eigenvalue weighted by atomic mass is 16.5. The lowest BCUT2D eigenvalue weighted by atomic mass is 10.1. The van der Waals surface area contributed by atoms with Crippen molar-refractivity contribution in [2.75, 3.05) is 12.4 Å². The maximum absolute atomic E-state index is 12.5. The Morgan fingerprint density at radius 3 is 2.21 bits per heavy atom. The lowest BCUT2D eigenvalue weighted by molar-refractivity contribution is 0.0600. The molecule has 0 saturated heterocycles. The van der Waals surface area contributed by atoms with Gasteiger partial charge in [0.1, 0.15) is 0 Å². The van der Waals surface area contributed by atoms with Gasteiger partial charge < -0.3 is 14.6 Å². The smallest absolute Gasteiger partial charge is 0.337 e. The number of methoxy groups -OCH3 is 1. The average molecular weight is 376 g/mol. The summed E-state index contributed by atoms with van der Waals surface area (Å²) in [7, 11) is 1.31. The second-order valence-electron chi connectivity index (χ2n) is 6.39. The van der Waals surface area contributed by atoms with E-state index in [9.17, 15) is 14.4 Å². The first-order valence-corrected chi connectivity index (χ1v) is 8.72. The highest BCUT2D eigenvalue weighted by molar-refractivity contribution is 6.04. The molecule has 0 spiro atoms. The van der Waals surface area contributed by atoms with Crippen LogP contribution in [0.3, 0.4) is 0 Å². The number of rotatable bonds is 5. The highest BCUT2D eigenvalue weighted by Crippen LogP contribution is 2.12. The molecular formula is C22H20N2O4. The second-order valence-corrected chi connectivity index (χ2v) is 6.39. The van der Waals surface area contributed by atoms with Crippen molar-refractivity contribution in [2.45, 2.75) is 13.5 Å². The van der Waals surface area contributed by atoms with Crippen LogP contribution in [-0.2, 0) is 11.3 Å². The molecule has 142 valence electrons. The maximum atomic E-state index is 12.5. The molecule has 3 aromatic rings. The molecule has 0 atom stereocenters. The summed E-state index contributed by atoms with van der Waals surface area (Å²) in [6.07, 6.45) is 1.54. The number of esters is 1. The van der Waals surface area contributed by atoms with Crippen LogP contribution in [0.1, 0.15) is 31.8 Å². The summed E-state index contributed by atoms with van der Waals surface area (Å²) in [6, 6.07) is 17.1. The molecule has 0 fully saturated rings. The molecule has 0 aliphatic rings. The number of hydrogen-bond acceptors (Lipinski definition) is 4. The maximum Gasteiger partial charge on any atom is 0.337 e. The van der Waals surface area contributed by atoms with Crippen LogP contribution in [0, 0.1) is 6.92 Å². The predicted octanol–water partition coefficient (Wildman–Crippen LogP) is 3.24. The van der Waals surface area contributed by atoms with E-state index in [1.165, 1.54) is 23.8 Å². The summed E-state index contributed by atoms with van der Waals surface area (Å²) in [5.74, 6) is -0.787. The monoisotopic (exact) mass is 376 g/mol. The van der Waals surface area contributed by atoms with Crippen molar-refractivity contribution in [3.63, 3.8) is 0 Å². The number of aryl methyl sites for hydroxylation is 1. The Hall–Kier alpha value is -3.67. The zero-order valence-electron chi connectivity index (χ0n) is 15.6. The molecule has 2 aromatic carbocycles. The topological polar surface area (TPSA) is 77.4 Å². The van der Waals surface area contributed by atoms with Crippen molar-refractivity contribution in [2.24, 2.45) is 0 Å². The van der Waals surface area contributed by atoms with E-state index in [4.69, 9.17) is 0 Å². The lowest BCUT2D eigenvalue weighted by Gasteiger charge is -2.10. The Kier molecular flexibility index (Phi) is 5.69. The Labute approximate surface area is 162 Å². The number of nitrogens with one attached hydrogen (secondary N) is 1. The summed E-state index contributed by atoms with van der Waals surface area (Å²) in [5, 5.41) is 2.75. The van der Waals surface area contributed by atoms with Crippen LogP contribution in [0.4, 0.5) is 5.69 Å². The number of aromatic nitrogens is 1. The van der Waals surface area contributed by atoms with Crippen molar-refractivity contribution >= 4 is 17.6 Å². The normalized spacial score (nSPS) is 10.4. The predicted molar refractivity (Wildman–Crippen MR) is 107 cm³/mol. The zero-order valence-corrected chi connectivity index (χ0v) is 15.6. The molecule has 28 heavy (non-hydrogen) atoms. The van der Waals surface area contributed by atoms with E-state index in [-0.39, 0.29) is 11.5 Å². The first-order valence-electron chi connectivity index (χ1n) is 8.72. The molecule has 6 nitrogen and oxygen atoms in total. The molecule has 0 aliphatic carbocycles. The third kappa shape index (κ3) is 4.54. The fraction of sp³-hybridized carbons (Fsp3) is 0.136. The van der Waals surface area contributed by atoms with E-state index in [0.29, 0.717) is 23.4 Å². The van der Waals surface area contributed by atoms with Gasteiger partial charge in [0.05, 0.1) is 24.8 Å². The molecule has 0 unspecified atom stereocenters. The molecule has 0 saturated carbocycles. The van der Waals surface area contributed by atoms with Crippen LogP contribution >= 0.6 is 0 Å². The van der Waals surface area contributed by atoms with Crippen LogP contribution in [0.2, 0.25) is 0 Å². The number of carbonyl (C=O) groups excluding carboxylic acids is 2. The van der Waals surface area contributed by atoms with Gasteiger partial charge in [-0.3, -0.25) is 9.59 Å². The van der Waals surface area contributed by atoms with Crippen molar-refractivity contribution in [1.82, 2.24) is 4.57 Å². The minimum atomic E-state index is -0.443. The van der Waals surface area contributed by atoms with Gasteiger partial charge in [0.25, 0.3) is 11.5 Å². The molecule has 0 radical (unpaired) electrons. The van der Waals surface area contributed by atoms with Crippen LogP contribution in [0.25, 0.3) is 0 Å². The van der Waals surface area contributed by atoms with E-state index in [1.54, 1.807) is 30.5 Å². The van der Waals surface area contributed by atoms with Crippen molar-refractivity contribution in [3.8, 4) is 0 Å². The van der Waals surface area contributed by atoms with E-state index >= 15 is 0 Å². The fourth-order valence-corrected chi connectivity index (χ4v) is 2.69. The number of anilines is 1. The van der Waals surface area contributed by atoms with Gasteiger partial charge in [-0.25, -0.2) is 4.79 Å². The van der Waals surface area contributed by atoms with Gasteiger partial charge in [-0.05, 0) is 42.8 Å². The van der Waals surface area contributed by atoms with E-state index in [2.05, 4.69) is 10.1 Å². The van der Waals surface area contributed by atoms with Crippen molar-refractivity contribution < 1.29 is 14.3 Å². The Morgan fingerprint density at radius 1 is 0.929 bits per heavy atom. The average Bonchev–Trinajstić information content (AvgIpc) is 2.71. The van der Waals surface area contributed by atoms with Crippen LogP contribution in [0.15, 0.2) is 71.7 Å².